The van der Waals surface area contributed by atoms with E-state index >= 15 is 0 Å². The Morgan fingerprint density at radius 3 is 2.42 bits per heavy atom. The number of rotatable bonds is 5. The molecule has 12 heavy (non-hydrogen) atoms. The Bertz CT molecular complexity index is 142. The standard InChI is InChI=1S/C8H16O4/c1-4-11-6-8(3,10)7(9)12-5-2/h10H,4-6H2,1-3H3. The Kier molecular flexibility index (Phi) is 4.85. The van der Waals surface area contributed by atoms with Crippen molar-refractivity contribution >= 4 is 5.97 Å². The Morgan fingerprint density at radius 2 is 2.00 bits per heavy atom. The summed E-state index contributed by atoms with van der Waals surface area (Å²) in [6, 6.07) is 0. The quantitative estimate of drug-likeness (QED) is 0.613. The lowest BCUT2D eigenvalue weighted by Crippen LogP contribution is -2.41. The van der Waals surface area contributed by atoms with E-state index in [-0.39, 0.29) is 13.2 Å². The third kappa shape index (κ3) is 3.69. The van der Waals surface area contributed by atoms with Crippen LogP contribution in [-0.2, 0) is 14.3 Å². The fourth-order valence-corrected chi connectivity index (χ4v) is 0.646. The summed E-state index contributed by atoms with van der Waals surface area (Å²) in [6.45, 7) is 5.57. The summed E-state index contributed by atoms with van der Waals surface area (Å²) in [5.41, 5.74) is -1.52. The smallest absolute Gasteiger partial charge is 0.340 e. The van der Waals surface area contributed by atoms with Gasteiger partial charge < -0.3 is 14.6 Å². The number of esters is 1. The molecule has 1 unspecified atom stereocenters. The first kappa shape index (κ1) is 11.4. The fourth-order valence-electron chi connectivity index (χ4n) is 0.646. The van der Waals surface area contributed by atoms with Crippen molar-refractivity contribution in [2.75, 3.05) is 19.8 Å². The normalized spacial score (nSPS) is 15.3. The van der Waals surface area contributed by atoms with Crippen molar-refractivity contribution in [1.82, 2.24) is 0 Å². The number of carbonyl (C=O) groups is 1. The highest BCUT2D eigenvalue weighted by molar-refractivity contribution is 5.78. The summed E-state index contributed by atoms with van der Waals surface area (Å²) < 4.78 is 9.55. The molecule has 0 aliphatic heterocycles. The van der Waals surface area contributed by atoms with Crippen LogP contribution in [0.5, 0.6) is 0 Å². The van der Waals surface area contributed by atoms with Crippen molar-refractivity contribution in [3.63, 3.8) is 0 Å². The van der Waals surface area contributed by atoms with Gasteiger partial charge in [-0.3, -0.25) is 0 Å². The van der Waals surface area contributed by atoms with E-state index < -0.39 is 11.6 Å². The van der Waals surface area contributed by atoms with E-state index in [9.17, 15) is 9.90 Å². The van der Waals surface area contributed by atoms with Crippen LogP contribution in [0, 0.1) is 0 Å². The number of ether oxygens (including phenoxy) is 2. The number of aliphatic hydroxyl groups is 1. The van der Waals surface area contributed by atoms with Crippen LogP contribution in [-0.4, -0.2) is 36.5 Å². The zero-order valence-electron chi connectivity index (χ0n) is 7.79. The molecule has 72 valence electrons. The van der Waals surface area contributed by atoms with E-state index in [1.165, 1.54) is 6.92 Å². The molecule has 0 aromatic heterocycles. The van der Waals surface area contributed by atoms with Gasteiger partial charge in [-0.1, -0.05) is 0 Å². The molecule has 4 heteroatoms. The SMILES string of the molecule is CCOCC(C)(O)C(=O)OCC. The van der Waals surface area contributed by atoms with Crippen molar-refractivity contribution < 1.29 is 19.4 Å². The Labute approximate surface area is 72.5 Å². The number of hydrogen-bond donors (Lipinski definition) is 1. The van der Waals surface area contributed by atoms with Gasteiger partial charge in [0.2, 0.25) is 0 Å². The van der Waals surface area contributed by atoms with Gasteiger partial charge in [0, 0.05) is 6.61 Å². The Hall–Kier alpha value is -0.610. The maximum Gasteiger partial charge on any atom is 0.340 e. The summed E-state index contributed by atoms with van der Waals surface area (Å²) >= 11 is 0. The summed E-state index contributed by atoms with van der Waals surface area (Å²) in [6.07, 6.45) is 0. The molecule has 0 aliphatic rings. The molecule has 0 heterocycles. The lowest BCUT2D eigenvalue weighted by Gasteiger charge is -2.20. The van der Waals surface area contributed by atoms with E-state index in [0.717, 1.165) is 0 Å². The molecular weight excluding hydrogens is 160 g/mol. The first-order valence-corrected chi connectivity index (χ1v) is 4.02. The third-order valence-corrected chi connectivity index (χ3v) is 1.30. The topological polar surface area (TPSA) is 55.8 Å². The van der Waals surface area contributed by atoms with Crippen LogP contribution in [0.4, 0.5) is 0 Å². The van der Waals surface area contributed by atoms with E-state index in [1.54, 1.807) is 13.8 Å². The van der Waals surface area contributed by atoms with Gasteiger partial charge in [0.1, 0.15) is 0 Å². The molecule has 0 rings (SSSR count). The maximum atomic E-state index is 11.0. The second kappa shape index (κ2) is 5.11. The second-order valence-corrected chi connectivity index (χ2v) is 2.63. The van der Waals surface area contributed by atoms with Crippen molar-refractivity contribution in [3.8, 4) is 0 Å². The molecule has 0 aliphatic carbocycles. The zero-order valence-corrected chi connectivity index (χ0v) is 7.79. The van der Waals surface area contributed by atoms with Gasteiger partial charge in [-0.15, -0.1) is 0 Å². The second-order valence-electron chi connectivity index (χ2n) is 2.63. The van der Waals surface area contributed by atoms with Crippen LogP contribution in [0.2, 0.25) is 0 Å². The Balaban J connectivity index is 3.90. The van der Waals surface area contributed by atoms with Gasteiger partial charge in [0.15, 0.2) is 5.60 Å². The van der Waals surface area contributed by atoms with E-state index in [4.69, 9.17) is 4.74 Å². The molecule has 4 nitrogen and oxygen atoms in total. The molecule has 0 saturated carbocycles. The fraction of sp³-hybridized carbons (Fsp3) is 0.875. The van der Waals surface area contributed by atoms with Crippen LogP contribution >= 0.6 is 0 Å². The van der Waals surface area contributed by atoms with Gasteiger partial charge >= 0.3 is 5.97 Å². The zero-order chi connectivity index (χ0) is 9.61. The van der Waals surface area contributed by atoms with Crippen LogP contribution in [0.25, 0.3) is 0 Å². The van der Waals surface area contributed by atoms with Gasteiger partial charge in [0.05, 0.1) is 13.2 Å². The first-order chi connectivity index (χ1) is 5.54. The highest BCUT2D eigenvalue weighted by Gasteiger charge is 2.31. The molecule has 0 radical (unpaired) electrons. The molecule has 0 aromatic carbocycles. The molecular formula is C8H16O4. The highest BCUT2D eigenvalue weighted by Crippen LogP contribution is 2.06. The van der Waals surface area contributed by atoms with E-state index in [2.05, 4.69) is 4.74 Å². The minimum atomic E-state index is -1.52. The van der Waals surface area contributed by atoms with Crippen molar-refractivity contribution in [3.05, 3.63) is 0 Å². The van der Waals surface area contributed by atoms with Gasteiger partial charge in [-0.2, -0.15) is 0 Å². The molecule has 0 fully saturated rings. The highest BCUT2D eigenvalue weighted by atomic mass is 16.6. The maximum absolute atomic E-state index is 11.0. The van der Waals surface area contributed by atoms with Crippen LogP contribution < -0.4 is 0 Å². The molecule has 0 amide bonds. The number of carbonyl (C=O) groups excluding carboxylic acids is 1. The van der Waals surface area contributed by atoms with Crippen LogP contribution in [0.3, 0.4) is 0 Å². The Morgan fingerprint density at radius 1 is 1.42 bits per heavy atom. The molecule has 1 atom stereocenters. The molecule has 0 aromatic rings. The summed E-state index contributed by atoms with van der Waals surface area (Å²) in [5, 5.41) is 9.45. The van der Waals surface area contributed by atoms with Crippen LogP contribution in [0.15, 0.2) is 0 Å². The minimum absolute atomic E-state index is 0.0255. The average Bonchev–Trinajstić information content (AvgIpc) is 2.01. The van der Waals surface area contributed by atoms with Gasteiger partial charge in [-0.25, -0.2) is 4.79 Å². The number of hydrogen-bond acceptors (Lipinski definition) is 4. The van der Waals surface area contributed by atoms with E-state index in [1.807, 2.05) is 0 Å². The molecule has 0 bridgehead atoms. The lowest BCUT2D eigenvalue weighted by molar-refractivity contribution is -0.168. The largest absolute Gasteiger partial charge is 0.464 e. The first-order valence-electron chi connectivity index (χ1n) is 4.02. The summed E-state index contributed by atoms with van der Waals surface area (Å²) in [4.78, 5) is 11.0. The van der Waals surface area contributed by atoms with Crippen molar-refractivity contribution in [1.29, 1.82) is 0 Å². The van der Waals surface area contributed by atoms with Crippen molar-refractivity contribution in [2.24, 2.45) is 0 Å². The van der Waals surface area contributed by atoms with Gasteiger partial charge in [-0.05, 0) is 20.8 Å². The van der Waals surface area contributed by atoms with E-state index in [0.29, 0.717) is 6.61 Å². The molecule has 0 saturated heterocycles. The molecule has 1 N–H and O–H groups in total. The van der Waals surface area contributed by atoms with Crippen LogP contribution in [0.1, 0.15) is 20.8 Å². The average molecular weight is 176 g/mol. The van der Waals surface area contributed by atoms with Crippen molar-refractivity contribution in [2.45, 2.75) is 26.4 Å². The van der Waals surface area contributed by atoms with Gasteiger partial charge in [0.25, 0.3) is 0 Å². The molecule has 0 spiro atoms. The summed E-state index contributed by atoms with van der Waals surface area (Å²) in [5.74, 6) is -0.640. The summed E-state index contributed by atoms with van der Waals surface area (Å²) in [7, 11) is 0. The monoisotopic (exact) mass is 176 g/mol. The third-order valence-electron chi connectivity index (χ3n) is 1.30. The predicted octanol–water partition coefficient (Wildman–Crippen LogP) is 0.337. The minimum Gasteiger partial charge on any atom is -0.464 e. The lowest BCUT2D eigenvalue weighted by atomic mass is 10.1. The predicted molar refractivity (Wildman–Crippen MR) is 43.7 cm³/mol.